The predicted molar refractivity (Wildman–Crippen MR) is 233 cm³/mol. The molecule has 0 radical (unpaired) electrons. The van der Waals surface area contributed by atoms with Gasteiger partial charge in [0.05, 0.1) is 16.8 Å². The number of hydrogen-bond acceptors (Lipinski definition) is 5. The second-order valence-electron chi connectivity index (χ2n) is 14.7. The van der Waals surface area contributed by atoms with Crippen molar-refractivity contribution < 1.29 is 4.74 Å². The minimum absolute atomic E-state index is 0.0445. The van der Waals surface area contributed by atoms with Gasteiger partial charge < -0.3 is 9.30 Å². The highest BCUT2D eigenvalue weighted by molar-refractivity contribution is 7.25. The van der Waals surface area contributed by atoms with Gasteiger partial charge in [0, 0.05) is 59.4 Å². The van der Waals surface area contributed by atoms with Gasteiger partial charge in [0.15, 0.2) is 17.5 Å². The van der Waals surface area contributed by atoms with Gasteiger partial charge in [-0.25, -0.2) is 15.0 Å². The SMILES string of the molecule is C1=CC2c3cccc(-c4nc(-c5ccc(-c6ccccc6)cc5)nc(-c5ccc6sc7ccccc7c6c5)n4)c3OC2c2c1n(-c1ccccc1)c1ccccc21. The zero-order valence-electron chi connectivity index (χ0n) is 30.6. The molecule has 268 valence electrons. The quantitative estimate of drug-likeness (QED) is 0.176. The maximum Gasteiger partial charge on any atom is 0.167 e. The van der Waals surface area contributed by atoms with Crippen LogP contribution in [0.3, 0.4) is 0 Å². The average molecular weight is 749 g/mol. The normalized spacial score (nSPS) is 15.4. The molecule has 5 nitrogen and oxygen atoms in total. The summed E-state index contributed by atoms with van der Waals surface area (Å²) in [5, 5.41) is 3.64. The van der Waals surface area contributed by atoms with Crippen molar-refractivity contribution in [2.45, 2.75) is 12.0 Å². The highest BCUT2D eigenvalue weighted by Gasteiger charge is 2.41. The van der Waals surface area contributed by atoms with E-state index in [1.54, 1.807) is 0 Å². The number of aromatic nitrogens is 4. The smallest absolute Gasteiger partial charge is 0.167 e. The van der Waals surface area contributed by atoms with Crippen molar-refractivity contribution in [1.29, 1.82) is 0 Å². The molecule has 57 heavy (non-hydrogen) atoms. The fourth-order valence-corrected chi connectivity index (χ4v) is 9.88. The van der Waals surface area contributed by atoms with E-state index in [-0.39, 0.29) is 12.0 Å². The molecule has 0 spiro atoms. The summed E-state index contributed by atoms with van der Waals surface area (Å²) in [5.74, 6) is 2.70. The van der Waals surface area contributed by atoms with E-state index < -0.39 is 0 Å². The molecular formula is C51H32N4OS. The van der Waals surface area contributed by atoms with Gasteiger partial charge in [-0.05, 0) is 65.7 Å². The lowest BCUT2D eigenvalue weighted by atomic mass is 9.85. The summed E-state index contributed by atoms with van der Waals surface area (Å²) < 4.78 is 12.0. The van der Waals surface area contributed by atoms with Crippen LogP contribution in [0.15, 0.2) is 176 Å². The molecule has 0 saturated heterocycles. The second-order valence-corrected chi connectivity index (χ2v) is 15.8. The first-order valence-corrected chi connectivity index (χ1v) is 20.1. The molecule has 0 amide bonds. The lowest BCUT2D eigenvalue weighted by molar-refractivity contribution is 0.225. The van der Waals surface area contributed by atoms with Crippen LogP contribution in [-0.2, 0) is 0 Å². The summed E-state index contributed by atoms with van der Waals surface area (Å²) in [4.78, 5) is 15.6. The van der Waals surface area contributed by atoms with E-state index in [0.717, 1.165) is 44.9 Å². The summed E-state index contributed by atoms with van der Waals surface area (Å²) in [6, 6.07) is 59.7. The number of fused-ring (bicyclic) bond motifs is 10. The number of rotatable bonds is 5. The summed E-state index contributed by atoms with van der Waals surface area (Å²) in [7, 11) is 0. The third-order valence-corrected chi connectivity index (χ3v) is 12.6. The molecule has 6 heteroatoms. The number of nitrogens with zero attached hydrogens (tertiary/aromatic N) is 4. The van der Waals surface area contributed by atoms with Crippen LogP contribution in [0, 0.1) is 0 Å². The maximum atomic E-state index is 7.17. The summed E-state index contributed by atoms with van der Waals surface area (Å²) >= 11 is 1.81. The molecule has 2 atom stereocenters. The van der Waals surface area contributed by atoms with Crippen molar-refractivity contribution in [1.82, 2.24) is 19.5 Å². The Bertz CT molecular complexity index is 3220. The average Bonchev–Trinajstić information content (AvgIpc) is 3.96. The molecule has 2 aliphatic rings. The third kappa shape index (κ3) is 5.11. The van der Waals surface area contributed by atoms with Gasteiger partial charge in [-0.15, -0.1) is 11.3 Å². The minimum Gasteiger partial charge on any atom is -0.484 e. The second kappa shape index (κ2) is 12.7. The molecule has 2 unspecified atom stereocenters. The molecule has 0 N–H and O–H groups in total. The Morgan fingerprint density at radius 1 is 0.509 bits per heavy atom. The molecule has 12 rings (SSSR count). The van der Waals surface area contributed by atoms with Gasteiger partial charge in [-0.3, -0.25) is 0 Å². The van der Waals surface area contributed by atoms with Crippen molar-refractivity contribution >= 4 is 48.5 Å². The first-order valence-electron chi connectivity index (χ1n) is 19.3. The predicted octanol–water partition coefficient (Wildman–Crippen LogP) is 13.1. The van der Waals surface area contributed by atoms with E-state index in [1.807, 2.05) is 17.4 Å². The maximum absolute atomic E-state index is 7.17. The Morgan fingerprint density at radius 3 is 2.00 bits per heavy atom. The van der Waals surface area contributed by atoms with Gasteiger partial charge in [-0.2, -0.15) is 0 Å². The van der Waals surface area contributed by atoms with E-state index in [2.05, 4.69) is 181 Å². The van der Waals surface area contributed by atoms with Crippen molar-refractivity contribution in [2.24, 2.45) is 0 Å². The molecule has 3 aromatic heterocycles. The van der Waals surface area contributed by atoms with Crippen LogP contribution >= 0.6 is 11.3 Å². The number of para-hydroxylation sites is 3. The standard InChI is InChI=1S/C51H32N4OS/c1-3-12-31(13-4-1)32-22-24-33(25-23-32)49-52-50(34-26-29-45-41(30-34)36-16-8-10-21-44(36)57-45)54-51(53-49)40-19-11-18-37-38-27-28-43-46(48(38)56-47(37)40)39-17-7-9-20-42(39)55(43)35-14-5-2-6-15-35/h1-30,38,48H. The zero-order chi connectivity index (χ0) is 37.5. The first-order chi connectivity index (χ1) is 28.2. The van der Waals surface area contributed by atoms with Crippen molar-refractivity contribution in [2.75, 3.05) is 0 Å². The highest BCUT2D eigenvalue weighted by Crippen LogP contribution is 2.55. The van der Waals surface area contributed by atoms with Crippen LogP contribution in [0.25, 0.3) is 88.1 Å². The Morgan fingerprint density at radius 2 is 1.16 bits per heavy atom. The van der Waals surface area contributed by atoms with Crippen LogP contribution in [-0.4, -0.2) is 19.5 Å². The Kier molecular flexibility index (Phi) is 7.16. The zero-order valence-corrected chi connectivity index (χ0v) is 31.4. The summed E-state index contributed by atoms with van der Waals surface area (Å²) in [6.07, 6.45) is 4.38. The Balaban J connectivity index is 1.01. The van der Waals surface area contributed by atoms with Gasteiger partial charge in [0.1, 0.15) is 11.9 Å². The molecule has 10 aromatic rings. The largest absolute Gasteiger partial charge is 0.484 e. The van der Waals surface area contributed by atoms with E-state index >= 15 is 0 Å². The van der Waals surface area contributed by atoms with Crippen molar-refractivity contribution in [3.05, 3.63) is 193 Å². The molecule has 1 aliphatic carbocycles. The summed E-state index contributed by atoms with van der Waals surface area (Å²) in [6.45, 7) is 0. The van der Waals surface area contributed by atoms with E-state index in [9.17, 15) is 0 Å². The van der Waals surface area contributed by atoms with Gasteiger partial charge in [-0.1, -0.05) is 127 Å². The van der Waals surface area contributed by atoms with Crippen LogP contribution in [0.1, 0.15) is 28.8 Å². The number of hydrogen-bond donors (Lipinski definition) is 0. The topological polar surface area (TPSA) is 52.8 Å². The molecule has 0 saturated carbocycles. The molecule has 1 aliphatic heterocycles. The van der Waals surface area contributed by atoms with E-state index in [4.69, 9.17) is 19.7 Å². The first kappa shape index (κ1) is 32.1. The number of thiophene rings is 1. The minimum atomic E-state index is -0.198. The van der Waals surface area contributed by atoms with Crippen molar-refractivity contribution in [3.63, 3.8) is 0 Å². The number of benzene rings is 7. The van der Waals surface area contributed by atoms with E-state index in [0.29, 0.717) is 17.5 Å². The lowest BCUT2D eigenvalue weighted by Gasteiger charge is -2.22. The van der Waals surface area contributed by atoms with Gasteiger partial charge in [0.2, 0.25) is 0 Å². The molecule has 7 aromatic carbocycles. The van der Waals surface area contributed by atoms with Crippen LogP contribution < -0.4 is 4.74 Å². The monoisotopic (exact) mass is 748 g/mol. The van der Waals surface area contributed by atoms with E-state index in [1.165, 1.54) is 42.2 Å². The fourth-order valence-electron chi connectivity index (χ4n) is 8.79. The molecule has 0 fully saturated rings. The fraction of sp³-hybridized carbons (Fsp3) is 0.0392. The lowest BCUT2D eigenvalue weighted by Crippen LogP contribution is -2.13. The van der Waals surface area contributed by atoms with Crippen LogP contribution in [0.2, 0.25) is 0 Å². The molecular weight excluding hydrogens is 717 g/mol. The van der Waals surface area contributed by atoms with Gasteiger partial charge >= 0.3 is 0 Å². The highest BCUT2D eigenvalue weighted by atomic mass is 32.1. The Labute approximate surface area is 332 Å². The van der Waals surface area contributed by atoms with Crippen LogP contribution in [0.4, 0.5) is 0 Å². The summed E-state index contributed by atoms with van der Waals surface area (Å²) in [5.41, 5.74) is 10.8. The third-order valence-electron chi connectivity index (χ3n) is 11.4. The van der Waals surface area contributed by atoms with Gasteiger partial charge in [0.25, 0.3) is 0 Å². The number of ether oxygens (including phenoxy) is 1. The van der Waals surface area contributed by atoms with Crippen LogP contribution in [0.5, 0.6) is 5.75 Å². The Hall–Kier alpha value is -7.15. The van der Waals surface area contributed by atoms with Crippen molar-refractivity contribution in [3.8, 4) is 56.7 Å². The molecule has 4 heterocycles. The molecule has 0 bridgehead atoms.